The van der Waals surface area contributed by atoms with Crippen LogP contribution in [-0.4, -0.2) is 72.9 Å². The topological polar surface area (TPSA) is 98.7 Å². The molecule has 2 aromatic rings. The summed E-state index contributed by atoms with van der Waals surface area (Å²) in [7, 11) is -3.49. The first-order valence-electron chi connectivity index (χ1n) is 10.5. The third-order valence-electron chi connectivity index (χ3n) is 5.47. The second-order valence-corrected chi connectivity index (χ2v) is 9.29. The van der Waals surface area contributed by atoms with Crippen LogP contribution in [0.15, 0.2) is 47.6 Å². The molecule has 1 fully saturated rings. The molecule has 168 valence electrons. The average molecular weight is 447 g/mol. The maximum absolute atomic E-state index is 12.7. The maximum Gasteiger partial charge on any atom is 0.317 e. The maximum atomic E-state index is 12.7. The molecule has 10 heteroatoms. The van der Waals surface area contributed by atoms with Gasteiger partial charge in [-0.15, -0.1) is 0 Å². The Bertz CT molecular complexity index is 956. The van der Waals surface area contributed by atoms with Gasteiger partial charge in [-0.25, -0.2) is 23.2 Å². The smallest absolute Gasteiger partial charge is 0.317 e. The van der Waals surface area contributed by atoms with Gasteiger partial charge in [0.15, 0.2) is 0 Å². The molecule has 1 N–H and O–H groups in total. The van der Waals surface area contributed by atoms with Crippen LogP contribution < -0.4 is 10.2 Å². The van der Waals surface area contributed by atoms with Gasteiger partial charge in [0.25, 0.3) is 0 Å². The molecule has 3 rings (SSSR count). The summed E-state index contributed by atoms with van der Waals surface area (Å²) in [6.45, 7) is 8.88. The Morgan fingerprint density at radius 2 is 1.65 bits per heavy atom. The number of nitrogens with one attached hydrogen (secondary N) is 1. The summed E-state index contributed by atoms with van der Waals surface area (Å²) in [6.07, 6.45) is 3.42. The van der Waals surface area contributed by atoms with Gasteiger partial charge in [0.05, 0.1) is 10.9 Å². The Labute approximate surface area is 184 Å². The lowest BCUT2D eigenvalue weighted by molar-refractivity contribution is 0.191. The number of benzene rings is 1. The van der Waals surface area contributed by atoms with Crippen molar-refractivity contribution in [2.24, 2.45) is 0 Å². The van der Waals surface area contributed by atoms with E-state index in [2.05, 4.69) is 20.2 Å². The highest BCUT2D eigenvalue weighted by molar-refractivity contribution is 7.89. The predicted molar refractivity (Wildman–Crippen MR) is 119 cm³/mol. The third-order valence-corrected chi connectivity index (χ3v) is 7.53. The largest absolute Gasteiger partial charge is 0.337 e. The highest BCUT2D eigenvalue weighted by atomic mass is 32.2. The molecular formula is C21H30N6O3S. The van der Waals surface area contributed by atoms with Crippen molar-refractivity contribution in [3.05, 3.63) is 48.3 Å². The first-order valence-corrected chi connectivity index (χ1v) is 12.0. The molecular weight excluding hydrogens is 416 g/mol. The molecule has 0 spiro atoms. The lowest BCUT2D eigenvalue weighted by atomic mass is 10.1. The van der Waals surface area contributed by atoms with Crippen LogP contribution >= 0.6 is 0 Å². The van der Waals surface area contributed by atoms with E-state index >= 15 is 0 Å². The van der Waals surface area contributed by atoms with Crippen LogP contribution in [0.25, 0.3) is 0 Å². The van der Waals surface area contributed by atoms with Crippen molar-refractivity contribution in [3.8, 4) is 0 Å². The molecule has 9 nitrogen and oxygen atoms in total. The minimum Gasteiger partial charge on any atom is -0.337 e. The lowest BCUT2D eigenvalue weighted by Gasteiger charge is -2.35. The number of carbonyl (C=O) groups is 1. The quantitative estimate of drug-likeness (QED) is 0.699. The van der Waals surface area contributed by atoms with Crippen molar-refractivity contribution in [1.29, 1.82) is 0 Å². The number of urea groups is 1. The Kier molecular flexibility index (Phi) is 7.45. The molecule has 2 amide bonds. The zero-order valence-electron chi connectivity index (χ0n) is 18.2. The highest BCUT2D eigenvalue weighted by Gasteiger charge is 2.24. The molecule has 1 aliphatic heterocycles. The number of aromatic nitrogens is 2. The first kappa shape index (κ1) is 23.0. The van der Waals surface area contributed by atoms with Gasteiger partial charge in [0, 0.05) is 51.7 Å². The molecule has 1 unspecified atom stereocenters. The second kappa shape index (κ2) is 10.1. The van der Waals surface area contributed by atoms with E-state index in [4.69, 9.17) is 0 Å². The molecule has 1 saturated heterocycles. The average Bonchev–Trinajstić information content (AvgIpc) is 2.80. The van der Waals surface area contributed by atoms with E-state index in [0.29, 0.717) is 45.2 Å². The zero-order chi connectivity index (χ0) is 22.4. The summed E-state index contributed by atoms with van der Waals surface area (Å²) in [5.41, 5.74) is 0.850. The summed E-state index contributed by atoms with van der Waals surface area (Å²) >= 11 is 0. The van der Waals surface area contributed by atoms with Crippen molar-refractivity contribution in [3.63, 3.8) is 0 Å². The fraction of sp³-hybridized carbons (Fsp3) is 0.476. The van der Waals surface area contributed by atoms with Crippen molar-refractivity contribution < 1.29 is 13.2 Å². The number of nitrogens with zero attached hydrogens (tertiary/aromatic N) is 5. The van der Waals surface area contributed by atoms with Gasteiger partial charge in [0.2, 0.25) is 16.0 Å². The predicted octanol–water partition coefficient (Wildman–Crippen LogP) is 2.10. The van der Waals surface area contributed by atoms with Gasteiger partial charge in [-0.2, -0.15) is 4.31 Å². The molecule has 2 heterocycles. The minimum absolute atomic E-state index is 0.138. The molecule has 31 heavy (non-hydrogen) atoms. The fourth-order valence-electron chi connectivity index (χ4n) is 3.56. The Morgan fingerprint density at radius 3 is 2.19 bits per heavy atom. The Hall–Kier alpha value is -2.72. The van der Waals surface area contributed by atoms with E-state index in [9.17, 15) is 13.2 Å². The standard InChI is InChI=1S/C21H30N6O3S/c1-4-27(5-2)31(29,30)19-9-7-18(8-10-19)17(3)24-21(28)26-15-13-25(14-16-26)20-22-11-6-12-23-20/h6-12,17H,4-5,13-16H2,1-3H3,(H,24,28). The van der Waals surface area contributed by atoms with E-state index in [1.807, 2.05) is 20.8 Å². The van der Waals surface area contributed by atoms with Gasteiger partial charge >= 0.3 is 6.03 Å². The van der Waals surface area contributed by atoms with Crippen molar-refractivity contribution in [1.82, 2.24) is 24.5 Å². The summed E-state index contributed by atoms with van der Waals surface area (Å²) < 4.78 is 26.7. The molecule has 1 aromatic heterocycles. The van der Waals surface area contributed by atoms with E-state index in [1.54, 1.807) is 47.6 Å². The van der Waals surface area contributed by atoms with Crippen LogP contribution in [0.4, 0.5) is 10.7 Å². The number of carbonyl (C=O) groups excluding carboxylic acids is 1. The molecule has 0 saturated carbocycles. The van der Waals surface area contributed by atoms with Gasteiger partial charge < -0.3 is 15.1 Å². The highest BCUT2D eigenvalue weighted by Crippen LogP contribution is 2.20. The Balaban J connectivity index is 1.56. The Morgan fingerprint density at radius 1 is 1.06 bits per heavy atom. The van der Waals surface area contributed by atoms with Gasteiger partial charge in [-0.3, -0.25) is 0 Å². The monoisotopic (exact) mass is 446 g/mol. The van der Waals surface area contributed by atoms with Gasteiger partial charge in [-0.05, 0) is 30.7 Å². The van der Waals surface area contributed by atoms with Gasteiger partial charge in [-0.1, -0.05) is 26.0 Å². The molecule has 1 aliphatic rings. The number of hydrogen-bond acceptors (Lipinski definition) is 6. The first-order chi connectivity index (χ1) is 14.9. The summed E-state index contributed by atoms with van der Waals surface area (Å²) in [5, 5.41) is 3.00. The number of hydrogen-bond donors (Lipinski definition) is 1. The lowest BCUT2D eigenvalue weighted by Crippen LogP contribution is -2.52. The normalized spacial score (nSPS) is 15.7. The molecule has 1 atom stereocenters. The molecule has 1 aromatic carbocycles. The number of amides is 2. The number of rotatable bonds is 7. The molecule has 0 aliphatic carbocycles. The summed E-state index contributed by atoms with van der Waals surface area (Å²) in [4.78, 5) is 25.3. The summed E-state index contributed by atoms with van der Waals surface area (Å²) in [6, 6.07) is 8.11. The van der Waals surface area contributed by atoms with Crippen LogP contribution in [0.5, 0.6) is 0 Å². The number of piperazine rings is 1. The van der Waals surface area contributed by atoms with Crippen LogP contribution in [0.1, 0.15) is 32.4 Å². The van der Waals surface area contributed by atoms with Crippen molar-refractivity contribution in [2.45, 2.75) is 31.7 Å². The van der Waals surface area contributed by atoms with Crippen LogP contribution in [0.3, 0.4) is 0 Å². The summed E-state index contributed by atoms with van der Waals surface area (Å²) in [5.74, 6) is 0.677. The second-order valence-electron chi connectivity index (χ2n) is 7.35. The van der Waals surface area contributed by atoms with E-state index in [1.165, 1.54) is 4.31 Å². The van der Waals surface area contributed by atoms with Crippen LogP contribution in [0.2, 0.25) is 0 Å². The molecule has 0 radical (unpaired) electrons. The van der Waals surface area contributed by atoms with Gasteiger partial charge in [0.1, 0.15) is 0 Å². The van der Waals surface area contributed by atoms with Crippen LogP contribution in [0, 0.1) is 0 Å². The van der Waals surface area contributed by atoms with Crippen molar-refractivity contribution >= 4 is 22.0 Å². The molecule has 0 bridgehead atoms. The van der Waals surface area contributed by atoms with E-state index in [0.717, 1.165) is 5.56 Å². The number of sulfonamides is 1. The van der Waals surface area contributed by atoms with Crippen molar-refractivity contribution in [2.75, 3.05) is 44.2 Å². The third kappa shape index (κ3) is 5.31. The minimum atomic E-state index is -3.49. The zero-order valence-corrected chi connectivity index (χ0v) is 19.0. The van der Waals surface area contributed by atoms with Crippen LogP contribution in [-0.2, 0) is 10.0 Å². The SMILES string of the molecule is CCN(CC)S(=O)(=O)c1ccc(C(C)NC(=O)N2CCN(c3ncccn3)CC2)cc1. The number of anilines is 1. The fourth-order valence-corrected chi connectivity index (χ4v) is 5.02. The van der Waals surface area contributed by atoms with E-state index in [-0.39, 0.29) is 17.0 Å². The van der Waals surface area contributed by atoms with E-state index < -0.39 is 10.0 Å².